The number of nitrogens with one attached hydrogen (secondary N) is 1. The first kappa shape index (κ1) is 12.2. The summed E-state index contributed by atoms with van der Waals surface area (Å²) in [6.45, 7) is 6.30. The highest BCUT2D eigenvalue weighted by molar-refractivity contribution is 5.79. The van der Waals surface area contributed by atoms with Crippen molar-refractivity contribution in [2.75, 3.05) is 6.54 Å². The van der Waals surface area contributed by atoms with Gasteiger partial charge in [0, 0.05) is 0 Å². The Kier molecular flexibility index (Phi) is 7.30. The Morgan fingerprint density at radius 1 is 1.54 bits per heavy atom. The Hall–Kier alpha value is -0.830. The van der Waals surface area contributed by atoms with E-state index in [1.165, 1.54) is 12.8 Å². The van der Waals surface area contributed by atoms with E-state index in [-0.39, 0.29) is 11.9 Å². The zero-order valence-corrected chi connectivity index (χ0v) is 8.38. The van der Waals surface area contributed by atoms with Crippen LogP contribution in [-0.4, -0.2) is 18.5 Å². The molecule has 0 aliphatic rings. The van der Waals surface area contributed by atoms with Crippen LogP contribution in [0.15, 0.2) is 12.7 Å². The van der Waals surface area contributed by atoms with Crippen molar-refractivity contribution in [1.29, 1.82) is 0 Å². The smallest absolute Gasteiger partial charge is 0.234 e. The lowest BCUT2D eigenvalue weighted by atomic mass is 10.2. The quantitative estimate of drug-likeness (QED) is 0.440. The molecule has 0 spiro atoms. The number of hydrogen-bond donors (Lipinski definition) is 2. The van der Waals surface area contributed by atoms with Crippen LogP contribution >= 0.6 is 0 Å². The molecule has 0 aromatic carbocycles. The molecule has 1 amide bonds. The molecule has 76 valence electrons. The van der Waals surface area contributed by atoms with Gasteiger partial charge in [0.05, 0.1) is 6.04 Å². The lowest BCUT2D eigenvalue weighted by molar-refractivity contribution is -0.119. The largest absolute Gasteiger partial charge is 0.368 e. The first-order valence-corrected chi connectivity index (χ1v) is 4.82. The number of amides is 1. The molecule has 0 aliphatic heterocycles. The lowest BCUT2D eigenvalue weighted by Crippen LogP contribution is -2.39. The molecule has 0 aliphatic carbocycles. The predicted octanol–water partition coefficient (Wildman–Crippen LogP) is 1.20. The summed E-state index contributed by atoms with van der Waals surface area (Å²) in [7, 11) is 0. The van der Waals surface area contributed by atoms with Crippen LogP contribution in [0.25, 0.3) is 0 Å². The minimum atomic E-state index is -0.286. The van der Waals surface area contributed by atoms with Crippen LogP contribution in [0.4, 0.5) is 0 Å². The van der Waals surface area contributed by atoms with Gasteiger partial charge in [0.1, 0.15) is 0 Å². The summed E-state index contributed by atoms with van der Waals surface area (Å²) in [5, 5.41) is 3.06. The highest BCUT2D eigenvalue weighted by Crippen LogP contribution is 1.98. The predicted molar refractivity (Wildman–Crippen MR) is 55.3 cm³/mol. The van der Waals surface area contributed by atoms with Gasteiger partial charge in [0.2, 0.25) is 5.91 Å². The van der Waals surface area contributed by atoms with E-state index in [2.05, 4.69) is 11.9 Å². The summed E-state index contributed by atoms with van der Waals surface area (Å²) in [6.07, 6.45) is 6.44. The van der Waals surface area contributed by atoms with Gasteiger partial charge >= 0.3 is 0 Å². The average molecular weight is 184 g/mol. The molecule has 0 radical (unpaired) electrons. The molecule has 1 unspecified atom stereocenters. The zero-order valence-electron chi connectivity index (χ0n) is 8.38. The van der Waals surface area contributed by atoms with Crippen LogP contribution in [0, 0.1) is 0 Å². The highest BCUT2D eigenvalue weighted by atomic mass is 16.1. The van der Waals surface area contributed by atoms with Gasteiger partial charge in [0.15, 0.2) is 0 Å². The van der Waals surface area contributed by atoms with Crippen molar-refractivity contribution in [3.8, 4) is 0 Å². The molecule has 3 nitrogen and oxygen atoms in total. The van der Waals surface area contributed by atoms with Crippen molar-refractivity contribution < 1.29 is 4.79 Å². The number of carbonyl (C=O) groups is 1. The SMILES string of the molecule is C=CCCCCCNC(C)C(N)=O. The summed E-state index contributed by atoms with van der Waals surface area (Å²) in [6, 6.07) is -0.209. The Labute approximate surface area is 80.4 Å². The molecule has 0 bridgehead atoms. The summed E-state index contributed by atoms with van der Waals surface area (Å²) >= 11 is 0. The van der Waals surface area contributed by atoms with E-state index in [1.807, 2.05) is 6.08 Å². The van der Waals surface area contributed by atoms with Gasteiger partial charge in [-0.3, -0.25) is 4.79 Å². The minimum absolute atomic E-state index is 0.209. The Bertz CT molecular complexity index is 157. The van der Waals surface area contributed by atoms with Gasteiger partial charge in [-0.25, -0.2) is 0 Å². The van der Waals surface area contributed by atoms with Gasteiger partial charge in [-0.1, -0.05) is 12.5 Å². The second kappa shape index (κ2) is 7.80. The Morgan fingerprint density at radius 3 is 2.77 bits per heavy atom. The second-order valence-corrected chi connectivity index (χ2v) is 3.22. The van der Waals surface area contributed by atoms with Crippen molar-refractivity contribution in [2.45, 2.75) is 38.6 Å². The molecule has 0 aromatic rings. The van der Waals surface area contributed by atoms with E-state index in [1.54, 1.807) is 6.92 Å². The molecule has 0 rings (SSSR count). The van der Waals surface area contributed by atoms with E-state index in [4.69, 9.17) is 5.73 Å². The van der Waals surface area contributed by atoms with E-state index in [0.29, 0.717) is 0 Å². The maximum atomic E-state index is 10.6. The molecule has 1 atom stereocenters. The molecule has 0 aromatic heterocycles. The molecule has 0 heterocycles. The van der Waals surface area contributed by atoms with E-state index >= 15 is 0 Å². The average Bonchev–Trinajstić information content (AvgIpc) is 2.10. The molecular formula is C10H20N2O. The van der Waals surface area contributed by atoms with Gasteiger partial charge < -0.3 is 11.1 Å². The number of carbonyl (C=O) groups excluding carboxylic acids is 1. The van der Waals surface area contributed by atoms with Crippen LogP contribution in [0.3, 0.4) is 0 Å². The number of allylic oxidation sites excluding steroid dienone is 1. The van der Waals surface area contributed by atoms with Crippen LogP contribution in [0.5, 0.6) is 0 Å². The number of rotatable bonds is 8. The monoisotopic (exact) mass is 184 g/mol. The Balaban J connectivity index is 3.15. The first-order valence-electron chi connectivity index (χ1n) is 4.82. The number of unbranched alkanes of at least 4 members (excludes halogenated alkanes) is 3. The van der Waals surface area contributed by atoms with Crippen LogP contribution in [0.2, 0.25) is 0 Å². The van der Waals surface area contributed by atoms with Gasteiger partial charge in [-0.2, -0.15) is 0 Å². The Morgan fingerprint density at radius 2 is 2.23 bits per heavy atom. The summed E-state index contributed by atoms with van der Waals surface area (Å²) < 4.78 is 0. The standard InChI is InChI=1S/C10H20N2O/c1-3-4-5-6-7-8-12-9(2)10(11)13/h3,9,12H,1,4-8H2,2H3,(H2,11,13). The number of nitrogens with two attached hydrogens (primary N) is 1. The normalized spacial score (nSPS) is 12.4. The first-order chi connectivity index (χ1) is 6.18. The summed E-state index contributed by atoms with van der Waals surface area (Å²) in [5.74, 6) is -0.286. The molecule has 0 saturated heterocycles. The fourth-order valence-corrected chi connectivity index (χ4v) is 1.01. The molecule has 0 saturated carbocycles. The minimum Gasteiger partial charge on any atom is -0.368 e. The van der Waals surface area contributed by atoms with Crippen LogP contribution in [0.1, 0.15) is 32.6 Å². The van der Waals surface area contributed by atoms with Crippen molar-refractivity contribution in [2.24, 2.45) is 5.73 Å². The fraction of sp³-hybridized carbons (Fsp3) is 0.700. The lowest BCUT2D eigenvalue weighted by Gasteiger charge is -2.08. The van der Waals surface area contributed by atoms with E-state index < -0.39 is 0 Å². The second-order valence-electron chi connectivity index (χ2n) is 3.22. The van der Waals surface area contributed by atoms with Crippen molar-refractivity contribution in [3.63, 3.8) is 0 Å². The molecule has 13 heavy (non-hydrogen) atoms. The van der Waals surface area contributed by atoms with Gasteiger partial charge in [-0.15, -0.1) is 6.58 Å². The molecular weight excluding hydrogens is 164 g/mol. The number of hydrogen-bond acceptors (Lipinski definition) is 2. The number of primary amides is 1. The molecule has 0 fully saturated rings. The maximum Gasteiger partial charge on any atom is 0.234 e. The third-order valence-corrected chi connectivity index (χ3v) is 1.96. The zero-order chi connectivity index (χ0) is 10.1. The van der Waals surface area contributed by atoms with Gasteiger partial charge in [0.25, 0.3) is 0 Å². The van der Waals surface area contributed by atoms with Crippen LogP contribution < -0.4 is 11.1 Å². The van der Waals surface area contributed by atoms with Crippen molar-refractivity contribution >= 4 is 5.91 Å². The summed E-state index contributed by atoms with van der Waals surface area (Å²) in [5.41, 5.74) is 5.08. The molecule has 3 heteroatoms. The van der Waals surface area contributed by atoms with E-state index in [0.717, 1.165) is 19.4 Å². The van der Waals surface area contributed by atoms with Crippen molar-refractivity contribution in [1.82, 2.24) is 5.32 Å². The third kappa shape index (κ3) is 7.53. The summed E-state index contributed by atoms with van der Waals surface area (Å²) in [4.78, 5) is 10.6. The van der Waals surface area contributed by atoms with Crippen LogP contribution in [-0.2, 0) is 4.79 Å². The van der Waals surface area contributed by atoms with Crippen molar-refractivity contribution in [3.05, 3.63) is 12.7 Å². The topological polar surface area (TPSA) is 55.1 Å². The highest BCUT2D eigenvalue weighted by Gasteiger charge is 2.05. The van der Waals surface area contributed by atoms with Gasteiger partial charge in [-0.05, 0) is 32.7 Å². The fourth-order valence-electron chi connectivity index (χ4n) is 1.01. The van der Waals surface area contributed by atoms with E-state index in [9.17, 15) is 4.79 Å². The maximum absolute atomic E-state index is 10.6. The molecule has 3 N–H and O–H groups in total. The third-order valence-electron chi connectivity index (χ3n) is 1.96.